The molecule has 4 heteroatoms. The zero-order valence-corrected chi connectivity index (χ0v) is 12.9. The van der Waals surface area contributed by atoms with E-state index in [4.69, 9.17) is 9.47 Å². The Kier molecular flexibility index (Phi) is 3.30. The predicted octanol–water partition coefficient (Wildman–Crippen LogP) is 3.32. The van der Waals surface area contributed by atoms with Gasteiger partial charge in [0.1, 0.15) is 11.5 Å². The van der Waals surface area contributed by atoms with Crippen molar-refractivity contribution in [3.8, 4) is 17.2 Å². The van der Waals surface area contributed by atoms with Gasteiger partial charge in [0, 0.05) is 11.5 Å². The number of ether oxygens (including phenoxy) is 2. The highest BCUT2D eigenvalue weighted by Gasteiger charge is 2.21. The van der Waals surface area contributed by atoms with Crippen LogP contribution in [0.4, 0.5) is 0 Å². The quantitative estimate of drug-likeness (QED) is 0.729. The van der Waals surface area contributed by atoms with Gasteiger partial charge in [-0.15, -0.1) is 0 Å². The highest BCUT2D eigenvalue weighted by molar-refractivity contribution is 5.88. The van der Waals surface area contributed by atoms with Crippen LogP contribution in [0.25, 0.3) is 16.6 Å². The fraction of sp³-hybridized carbons (Fsp3) is 0.211. The first-order valence-corrected chi connectivity index (χ1v) is 7.73. The minimum absolute atomic E-state index is 0.00773. The highest BCUT2D eigenvalue weighted by atomic mass is 16.5. The molecule has 0 atom stereocenters. The van der Waals surface area contributed by atoms with Crippen molar-refractivity contribution in [1.29, 1.82) is 0 Å². The van der Waals surface area contributed by atoms with E-state index in [1.807, 2.05) is 48.5 Å². The third kappa shape index (κ3) is 2.18. The summed E-state index contributed by atoms with van der Waals surface area (Å²) in [4.78, 5) is 13.1. The number of hydrogen-bond acceptors (Lipinski definition) is 3. The molecule has 4 rings (SSSR count). The summed E-state index contributed by atoms with van der Waals surface area (Å²) >= 11 is 0. The molecule has 0 saturated heterocycles. The molecule has 2 heterocycles. The molecule has 4 nitrogen and oxygen atoms in total. The number of para-hydroxylation sites is 1. The molecule has 0 radical (unpaired) electrons. The van der Waals surface area contributed by atoms with Gasteiger partial charge >= 0.3 is 0 Å². The van der Waals surface area contributed by atoms with Crippen molar-refractivity contribution < 1.29 is 9.47 Å². The van der Waals surface area contributed by atoms with Crippen LogP contribution in [0.3, 0.4) is 0 Å². The second kappa shape index (κ2) is 5.47. The Balaban J connectivity index is 2.10. The second-order valence-corrected chi connectivity index (χ2v) is 5.62. The van der Waals surface area contributed by atoms with E-state index in [0.29, 0.717) is 6.61 Å². The van der Waals surface area contributed by atoms with Gasteiger partial charge in [0.05, 0.1) is 30.5 Å². The zero-order valence-electron chi connectivity index (χ0n) is 12.9. The number of benzene rings is 2. The molecule has 23 heavy (non-hydrogen) atoms. The minimum atomic E-state index is -0.00773. The summed E-state index contributed by atoms with van der Waals surface area (Å²) in [6.07, 6.45) is 1.63. The van der Waals surface area contributed by atoms with Crippen molar-refractivity contribution in [3.63, 3.8) is 0 Å². The maximum atomic E-state index is 13.1. The molecule has 0 amide bonds. The number of pyridine rings is 1. The van der Waals surface area contributed by atoms with Crippen LogP contribution in [0.15, 0.2) is 53.3 Å². The lowest BCUT2D eigenvalue weighted by Crippen LogP contribution is -2.26. The maximum absolute atomic E-state index is 13.1. The Labute approximate surface area is 133 Å². The topological polar surface area (TPSA) is 40.5 Å². The monoisotopic (exact) mass is 307 g/mol. The summed E-state index contributed by atoms with van der Waals surface area (Å²) in [5.41, 5.74) is 2.41. The average molecular weight is 307 g/mol. The van der Waals surface area contributed by atoms with E-state index in [1.54, 1.807) is 11.7 Å². The molecule has 0 unspecified atom stereocenters. The standard InChI is InChI=1S/C19H17NO3/c1-22-14-7-4-6-13(12-14)20-17-10-3-2-8-15(17)18-16(19(20)21)9-5-11-23-18/h2-4,6-8,10,12H,5,9,11H2,1H3. The molecule has 0 saturated carbocycles. The lowest BCUT2D eigenvalue weighted by Gasteiger charge is -2.21. The lowest BCUT2D eigenvalue weighted by atomic mass is 10.0. The first kappa shape index (κ1) is 13.9. The number of hydrogen-bond donors (Lipinski definition) is 0. The Hall–Kier alpha value is -2.75. The van der Waals surface area contributed by atoms with Crippen molar-refractivity contribution in [2.24, 2.45) is 0 Å². The van der Waals surface area contributed by atoms with Crippen molar-refractivity contribution in [2.45, 2.75) is 12.8 Å². The largest absolute Gasteiger partial charge is 0.497 e. The third-order valence-electron chi connectivity index (χ3n) is 4.25. The molecule has 1 aliphatic heterocycles. The van der Waals surface area contributed by atoms with E-state index in [1.165, 1.54) is 0 Å². The fourth-order valence-corrected chi connectivity index (χ4v) is 3.18. The number of nitrogens with zero attached hydrogens (tertiary/aromatic N) is 1. The Morgan fingerprint density at radius 3 is 2.87 bits per heavy atom. The molecule has 0 bridgehead atoms. The summed E-state index contributed by atoms with van der Waals surface area (Å²) in [6.45, 7) is 0.666. The number of aromatic nitrogens is 1. The summed E-state index contributed by atoms with van der Waals surface area (Å²) < 4.78 is 12.9. The third-order valence-corrected chi connectivity index (χ3v) is 4.25. The van der Waals surface area contributed by atoms with Gasteiger partial charge in [-0.1, -0.05) is 18.2 Å². The number of fused-ring (bicyclic) bond motifs is 3. The van der Waals surface area contributed by atoms with E-state index < -0.39 is 0 Å². The van der Waals surface area contributed by atoms with Crippen molar-refractivity contribution in [1.82, 2.24) is 4.57 Å². The van der Waals surface area contributed by atoms with Gasteiger partial charge in [-0.05, 0) is 37.1 Å². The molecule has 0 N–H and O–H groups in total. The van der Waals surface area contributed by atoms with E-state index >= 15 is 0 Å². The average Bonchev–Trinajstić information content (AvgIpc) is 2.62. The molecule has 0 fully saturated rings. The van der Waals surface area contributed by atoms with E-state index in [2.05, 4.69) is 0 Å². The van der Waals surface area contributed by atoms with Gasteiger partial charge in [0.2, 0.25) is 0 Å². The van der Waals surface area contributed by atoms with E-state index in [9.17, 15) is 4.79 Å². The molecule has 1 aliphatic rings. The van der Waals surface area contributed by atoms with Crippen LogP contribution < -0.4 is 15.0 Å². The highest BCUT2D eigenvalue weighted by Crippen LogP contribution is 2.32. The van der Waals surface area contributed by atoms with Gasteiger partial charge in [-0.25, -0.2) is 0 Å². The number of rotatable bonds is 2. The zero-order chi connectivity index (χ0) is 15.8. The van der Waals surface area contributed by atoms with Crippen molar-refractivity contribution in [2.75, 3.05) is 13.7 Å². The summed E-state index contributed by atoms with van der Waals surface area (Å²) in [7, 11) is 1.63. The summed E-state index contributed by atoms with van der Waals surface area (Å²) in [5, 5.41) is 0.976. The normalized spacial score (nSPS) is 13.4. The van der Waals surface area contributed by atoms with Crippen LogP contribution in [-0.2, 0) is 6.42 Å². The van der Waals surface area contributed by atoms with Gasteiger partial charge in [0.25, 0.3) is 5.56 Å². The Morgan fingerprint density at radius 1 is 1.13 bits per heavy atom. The second-order valence-electron chi connectivity index (χ2n) is 5.62. The Bertz CT molecular complexity index is 943. The minimum Gasteiger partial charge on any atom is -0.497 e. The van der Waals surface area contributed by atoms with Crippen molar-refractivity contribution in [3.05, 3.63) is 64.4 Å². The van der Waals surface area contributed by atoms with Crippen LogP contribution in [0.1, 0.15) is 12.0 Å². The van der Waals surface area contributed by atoms with Gasteiger partial charge in [0.15, 0.2) is 0 Å². The smallest absolute Gasteiger partial charge is 0.262 e. The van der Waals surface area contributed by atoms with Crippen LogP contribution in [-0.4, -0.2) is 18.3 Å². The van der Waals surface area contributed by atoms with E-state index in [-0.39, 0.29) is 5.56 Å². The maximum Gasteiger partial charge on any atom is 0.262 e. The van der Waals surface area contributed by atoms with Crippen molar-refractivity contribution >= 4 is 10.9 Å². The van der Waals surface area contributed by atoms with Gasteiger partial charge in [-0.2, -0.15) is 0 Å². The predicted molar refractivity (Wildman–Crippen MR) is 89.9 cm³/mol. The molecular weight excluding hydrogens is 290 g/mol. The summed E-state index contributed by atoms with van der Waals surface area (Å²) in [6, 6.07) is 15.4. The molecule has 0 aliphatic carbocycles. The molecule has 1 aromatic heterocycles. The lowest BCUT2D eigenvalue weighted by molar-refractivity contribution is 0.290. The molecule has 3 aromatic rings. The van der Waals surface area contributed by atoms with Crippen LogP contribution >= 0.6 is 0 Å². The number of methoxy groups -OCH3 is 1. The molecule has 2 aromatic carbocycles. The van der Waals surface area contributed by atoms with Crippen LogP contribution in [0.5, 0.6) is 11.5 Å². The molecular formula is C19H17NO3. The first-order valence-electron chi connectivity index (χ1n) is 7.73. The Morgan fingerprint density at radius 2 is 2.00 bits per heavy atom. The van der Waals surface area contributed by atoms with Gasteiger partial charge < -0.3 is 9.47 Å². The SMILES string of the molecule is COc1cccc(-n2c(=O)c3c(c4ccccc42)OCCC3)c1. The van der Waals surface area contributed by atoms with Crippen LogP contribution in [0.2, 0.25) is 0 Å². The fourth-order valence-electron chi connectivity index (χ4n) is 3.18. The van der Waals surface area contributed by atoms with Gasteiger partial charge in [-0.3, -0.25) is 9.36 Å². The molecule has 0 spiro atoms. The van der Waals surface area contributed by atoms with Crippen LogP contribution in [0, 0.1) is 0 Å². The summed E-state index contributed by atoms with van der Waals surface area (Å²) in [5.74, 6) is 1.48. The first-order chi connectivity index (χ1) is 11.3. The van der Waals surface area contributed by atoms with E-state index in [0.717, 1.165) is 46.5 Å². The molecule has 116 valence electrons.